The van der Waals surface area contributed by atoms with Crippen LogP contribution in [0.5, 0.6) is 0 Å². The predicted molar refractivity (Wildman–Crippen MR) is 58.3 cm³/mol. The maximum absolute atomic E-state index is 12.5. The molecule has 0 atom stereocenters. The molecule has 18 heavy (non-hydrogen) atoms. The number of hydrogen-bond acceptors (Lipinski definition) is 2. The van der Waals surface area contributed by atoms with Crippen LogP contribution >= 0.6 is 0 Å². The van der Waals surface area contributed by atoms with Gasteiger partial charge in [0.25, 0.3) is 0 Å². The van der Waals surface area contributed by atoms with E-state index in [0.717, 1.165) is 0 Å². The van der Waals surface area contributed by atoms with Gasteiger partial charge in [-0.1, -0.05) is 12.2 Å². The minimum atomic E-state index is -4.62. The van der Waals surface area contributed by atoms with E-state index in [1.807, 2.05) is 0 Å². The van der Waals surface area contributed by atoms with Gasteiger partial charge in [0, 0.05) is 12.8 Å². The normalized spacial score (nSPS) is 11.4. The first-order valence-electron chi connectivity index (χ1n) is 5.08. The van der Waals surface area contributed by atoms with Crippen molar-refractivity contribution in [2.45, 2.75) is 31.5 Å². The van der Waals surface area contributed by atoms with Crippen LogP contribution in [0.1, 0.15) is 19.3 Å². The fourth-order valence-electron chi connectivity index (χ4n) is 0.768. The number of rotatable bonds is 7. The minimum Gasteiger partial charge on any atom is -0.361 e. The molecule has 0 bridgehead atoms. The van der Waals surface area contributed by atoms with Gasteiger partial charge in [0.15, 0.2) is 0 Å². The van der Waals surface area contributed by atoms with Crippen molar-refractivity contribution >= 4 is 0 Å². The highest BCUT2D eigenvalue weighted by molar-refractivity contribution is 4.84. The molecule has 0 aromatic heterocycles. The van der Waals surface area contributed by atoms with Crippen LogP contribution in [0.2, 0.25) is 0 Å². The molecule has 1 N–H and O–H groups in total. The smallest absolute Gasteiger partial charge is 0.361 e. The summed E-state index contributed by atoms with van der Waals surface area (Å²) in [6.07, 6.45) is -2.24. The number of aliphatic hydroxyl groups is 1. The summed E-state index contributed by atoms with van der Waals surface area (Å²) in [6.45, 7) is 5.21. The van der Waals surface area contributed by atoms with Crippen LogP contribution in [0.15, 0.2) is 25.3 Å². The fourth-order valence-corrected chi connectivity index (χ4v) is 0.768. The van der Waals surface area contributed by atoms with Crippen molar-refractivity contribution in [1.29, 1.82) is 0 Å². The summed E-state index contributed by atoms with van der Waals surface area (Å²) in [5, 5.41) is 8.71. The molecule has 108 valence electrons. The van der Waals surface area contributed by atoms with Gasteiger partial charge in [-0.05, 0) is 6.42 Å². The van der Waals surface area contributed by atoms with Gasteiger partial charge in [0.2, 0.25) is 5.85 Å². The molecule has 0 unspecified atom stereocenters. The lowest BCUT2D eigenvalue weighted by Crippen LogP contribution is -2.19. The van der Waals surface area contributed by atoms with Crippen molar-refractivity contribution < 1.29 is 31.8 Å². The molecule has 0 aliphatic heterocycles. The van der Waals surface area contributed by atoms with E-state index in [9.17, 15) is 22.0 Å². The van der Waals surface area contributed by atoms with Crippen LogP contribution < -0.4 is 0 Å². The molecule has 0 aromatic carbocycles. The van der Waals surface area contributed by atoms with E-state index >= 15 is 0 Å². The lowest BCUT2D eigenvalue weighted by molar-refractivity contribution is -0.324. The Kier molecular flexibility index (Phi) is 10.8. The first-order valence-corrected chi connectivity index (χ1v) is 5.08. The molecule has 0 saturated heterocycles. The molecule has 7 heteroatoms. The number of alkyl halides is 5. The monoisotopic (exact) mass is 276 g/mol. The zero-order valence-corrected chi connectivity index (χ0v) is 9.85. The fraction of sp³-hybridized carbons (Fsp3) is 0.636. The average molecular weight is 276 g/mol. The summed E-state index contributed by atoms with van der Waals surface area (Å²) in [5.41, 5.74) is 0. The molecule has 0 fully saturated rings. The summed E-state index contributed by atoms with van der Waals surface area (Å²) in [4.78, 5) is 0. The molecule has 0 radical (unpaired) electrons. The quantitative estimate of drug-likeness (QED) is 0.436. The molecule has 0 spiro atoms. The number of halogens is 5. The highest BCUT2D eigenvalue weighted by Crippen LogP contribution is 2.17. The third-order valence-electron chi connectivity index (χ3n) is 1.46. The van der Waals surface area contributed by atoms with Gasteiger partial charge < -0.3 is 5.11 Å². The van der Waals surface area contributed by atoms with E-state index < -0.39 is 25.5 Å². The molecule has 0 saturated carbocycles. The Morgan fingerprint density at radius 1 is 1.06 bits per heavy atom. The van der Waals surface area contributed by atoms with E-state index in [2.05, 4.69) is 17.9 Å². The SMILES string of the molecule is C=CCC(O)(F)CC=C.FCCCOC(F)(F)F. The predicted octanol–water partition coefficient (Wildman–Crippen LogP) is 3.68. The minimum absolute atomic E-state index is 0.0426. The van der Waals surface area contributed by atoms with E-state index in [-0.39, 0.29) is 19.3 Å². The summed E-state index contributed by atoms with van der Waals surface area (Å²) < 4.78 is 60.0. The maximum atomic E-state index is 12.5. The van der Waals surface area contributed by atoms with E-state index in [0.29, 0.717) is 0 Å². The van der Waals surface area contributed by atoms with Crippen molar-refractivity contribution in [2.75, 3.05) is 13.3 Å². The molecule has 0 aromatic rings. The van der Waals surface area contributed by atoms with E-state index in [4.69, 9.17) is 5.11 Å². The first-order chi connectivity index (χ1) is 8.18. The van der Waals surface area contributed by atoms with Gasteiger partial charge in [0.05, 0.1) is 13.3 Å². The van der Waals surface area contributed by atoms with Crippen molar-refractivity contribution in [3.8, 4) is 0 Å². The topological polar surface area (TPSA) is 29.5 Å². The van der Waals surface area contributed by atoms with Crippen LogP contribution in [0, 0.1) is 0 Å². The Morgan fingerprint density at radius 2 is 1.50 bits per heavy atom. The third kappa shape index (κ3) is 17.4. The molecule has 0 rings (SSSR count). The van der Waals surface area contributed by atoms with Crippen LogP contribution in [-0.2, 0) is 4.74 Å². The van der Waals surface area contributed by atoms with Crippen LogP contribution in [-0.4, -0.2) is 30.6 Å². The van der Waals surface area contributed by atoms with Gasteiger partial charge >= 0.3 is 6.36 Å². The van der Waals surface area contributed by atoms with Gasteiger partial charge in [0.1, 0.15) is 0 Å². The van der Waals surface area contributed by atoms with Gasteiger partial charge in [-0.15, -0.1) is 26.3 Å². The Bertz CT molecular complexity index is 214. The molecular formula is C11H17F5O2. The van der Waals surface area contributed by atoms with Crippen molar-refractivity contribution in [2.24, 2.45) is 0 Å². The first kappa shape index (κ1) is 19.4. The molecule has 0 heterocycles. The van der Waals surface area contributed by atoms with Crippen LogP contribution in [0.25, 0.3) is 0 Å². The zero-order valence-electron chi connectivity index (χ0n) is 9.85. The Balaban J connectivity index is 0. The second kappa shape index (κ2) is 10.0. The molecule has 0 aliphatic carbocycles. The van der Waals surface area contributed by atoms with Crippen molar-refractivity contribution in [1.82, 2.24) is 0 Å². The molecular weight excluding hydrogens is 259 g/mol. The summed E-state index contributed by atoms with van der Waals surface area (Å²) >= 11 is 0. The average Bonchev–Trinajstić information content (AvgIpc) is 2.16. The van der Waals surface area contributed by atoms with Crippen LogP contribution in [0.4, 0.5) is 22.0 Å². The zero-order chi connectivity index (χ0) is 14.7. The molecule has 0 aliphatic rings. The van der Waals surface area contributed by atoms with Crippen LogP contribution in [0.3, 0.4) is 0 Å². The Hall–Kier alpha value is -0.950. The lowest BCUT2D eigenvalue weighted by Gasteiger charge is -2.13. The summed E-state index contributed by atoms with van der Waals surface area (Å²) in [6, 6.07) is 0. The van der Waals surface area contributed by atoms with E-state index in [1.165, 1.54) is 12.2 Å². The van der Waals surface area contributed by atoms with Crippen molar-refractivity contribution in [3.63, 3.8) is 0 Å². The molecule has 0 amide bonds. The standard InChI is InChI=1S/C7H11FO.C4H6F4O/c1-3-5-7(8,9)6-4-2;5-2-1-3-9-4(6,7)8/h3-4,9H,1-2,5-6H2;1-3H2. The second-order valence-electron chi connectivity index (χ2n) is 3.24. The highest BCUT2D eigenvalue weighted by Gasteiger charge is 2.28. The summed E-state index contributed by atoms with van der Waals surface area (Å²) in [5.74, 6) is -2.14. The lowest BCUT2D eigenvalue weighted by atomic mass is 10.1. The van der Waals surface area contributed by atoms with Crippen molar-refractivity contribution in [3.05, 3.63) is 25.3 Å². The Labute approximate surface area is 103 Å². The molecule has 2 nitrogen and oxygen atoms in total. The van der Waals surface area contributed by atoms with Gasteiger partial charge in [-0.2, -0.15) is 0 Å². The number of ether oxygens (including phenoxy) is 1. The highest BCUT2D eigenvalue weighted by atomic mass is 19.4. The van der Waals surface area contributed by atoms with E-state index in [1.54, 1.807) is 0 Å². The third-order valence-corrected chi connectivity index (χ3v) is 1.46. The van der Waals surface area contributed by atoms with Gasteiger partial charge in [-0.3, -0.25) is 9.13 Å². The maximum Gasteiger partial charge on any atom is 0.522 e. The Morgan fingerprint density at radius 3 is 1.78 bits per heavy atom. The second-order valence-corrected chi connectivity index (χ2v) is 3.24. The number of hydrogen-bond donors (Lipinski definition) is 1. The summed E-state index contributed by atoms with van der Waals surface area (Å²) in [7, 11) is 0. The van der Waals surface area contributed by atoms with Gasteiger partial charge in [-0.25, -0.2) is 4.39 Å². The largest absolute Gasteiger partial charge is 0.522 e.